The van der Waals surface area contributed by atoms with E-state index in [1.165, 1.54) is 18.3 Å². The van der Waals surface area contributed by atoms with Gasteiger partial charge in [-0.25, -0.2) is 14.6 Å². The molecule has 1 aliphatic carbocycles. The second-order valence-corrected chi connectivity index (χ2v) is 8.00. The van der Waals surface area contributed by atoms with Crippen molar-refractivity contribution in [2.45, 2.75) is 65.0 Å². The van der Waals surface area contributed by atoms with Gasteiger partial charge in [-0.2, -0.15) is 0 Å². The second kappa shape index (κ2) is 10.2. The highest BCUT2D eigenvalue weighted by Gasteiger charge is 2.24. The van der Waals surface area contributed by atoms with Crippen molar-refractivity contribution in [3.05, 3.63) is 11.1 Å². The van der Waals surface area contributed by atoms with Gasteiger partial charge in [0, 0.05) is 18.0 Å². The highest BCUT2D eigenvalue weighted by Crippen LogP contribution is 2.18. The maximum absolute atomic E-state index is 12.1. The van der Waals surface area contributed by atoms with Crippen molar-refractivity contribution >= 4 is 34.4 Å². The van der Waals surface area contributed by atoms with Gasteiger partial charge in [-0.3, -0.25) is 10.1 Å². The van der Waals surface area contributed by atoms with Crippen molar-refractivity contribution in [3.8, 4) is 0 Å². The van der Waals surface area contributed by atoms with Gasteiger partial charge in [-0.1, -0.05) is 26.7 Å². The summed E-state index contributed by atoms with van der Waals surface area (Å²) in [6.45, 7) is 6.46. The fraction of sp³-hybridized carbons (Fsp3) is 0.667. The van der Waals surface area contributed by atoms with Crippen molar-refractivity contribution in [1.29, 1.82) is 0 Å². The Labute approximate surface area is 163 Å². The first-order valence-electron chi connectivity index (χ1n) is 9.37. The smallest absolute Gasteiger partial charge is 0.358 e. The Hall–Kier alpha value is -2.16. The van der Waals surface area contributed by atoms with Gasteiger partial charge in [0.1, 0.15) is 0 Å². The van der Waals surface area contributed by atoms with E-state index in [1.807, 2.05) is 0 Å². The summed E-state index contributed by atoms with van der Waals surface area (Å²) in [6, 6.07) is -0.452. The Bertz CT molecular complexity index is 656. The van der Waals surface area contributed by atoms with Gasteiger partial charge in [0.05, 0.1) is 0 Å². The molecular formula is C18H28N4O4S. The molecule has 8 nitrogen and oxygen atoms in total. The first-order chi connectivity index (χ1) is 12.8. The van der Waals surface area contributed by atoms with Crippen LogP contribution in [0.25, 0.3) is 0 Å². The fourth-order valence-corrected chi connectivity index (χ4v) is 3.40. The van der Waals surface area contributed by atoms with Crippen molar-refractivity contribution in [3.63, 3.8) is 0 Å². The zero-order valence-electron chi connectivity index (χ0n) is 16.0. The zero-order valence-corrected chi connectivity index (χ0v) is 16.9. The van der Waals surface area contributed by atoms with E-state index in [-0.39, 0.29) is 11.7 Å². The average Bonchev–Trinajstić information content (AvgIpc) is 3.26. The molecule has 0 aliphatic heterocycles. The molecule has 2 rings (SSSR count). The number of urea groups is 1. The third-order valence-corrected chi connectivity index (χ3v) is 5.09. The number of carbonyl (C=O) groups excluding carboxylic acids is 3. The largest absolute Gasteiger partial charge is 0.448 e. The summed E-state index contributed by atoms with van der Waals surface area (Å²) < 4.78 is 5.11. The van der Waals surface area contributed by atoms with Crippen LogP contribution < -0.4 is 16.0 Å². The van der Waals surface area contributed by atoms with Gasteiger partial charge in [0.15, 0.2) is 16.9 Å². The third kappa shape index (κ3) is 7.16. The molecule has 1 fully saturated rings. The van der Waals surface area contributed by atoms with Gasteiger partial charge in [-0.05, 0) is 32.1 Å². The summed E-state index contributed by atoms with van der Waals surface area (Å²) in [4.78, 5) is 40.1. The minimum absolute atomic E-state index is 0.104. The summed E-state index contributed by atoms with van der Waals surface area (Å²) >= 11 is 1.31. The number of aromatic nitrogens is 1. The molecule has 150 valence electrons. The third-order valence-electron chi connectivity index (χ3n) is 4.29. The number of esters is 1. The number of hydrogen-bond donors (Lipinski definition) is 3. The molecule has 3 N–H and O–H groups in total. The summed E-state index contributed by atoms with van der Waals surface area (Å²) in [7, 11) is 0. The Balaban J connectivity index is 1.75. The Morgan fingerprint density at radius 2 is 1.96 bits per heavy atom. The molecule has 3 amide bonds. The minimum atomic E-state index is -1.09. The lowest BCUT2D eigenvalue weighted by Gasteiger charge is -2.15. The van der Waals surface area contributed by atoms with Crippen molar-refractivity contribution in [1.82, 2.24) is 15.6 Å². The maximum atomic E-state index is 12.1. The Kier molecular flexibility index (Phi) is 8.02. The Morgan fingerprint density at radius 1 is 1.26 bits per heavy atom. The predicted octanol–water partition coefficient (Wildman–Crippen LogP) is 2.91. The van der Waals surface area contributed by atoms with E-state index in [0.717, 1.165) is 38.6 Å². The number of anilines is 1. The van der Waals surface area contributed by atoms with Crippen molar-refractivity contribution < 1.29 is 19.1 Å². The van der Waals surface area contributed by atoms with Crippen LogP contribution in [0.2, 0.25) is 0 Å². The van der Waals surface area contributed by atoms with Crippen molar-refractivity contribution in [2.75, 3.05) is 11.9 Å². The summed E-state index contributed by atoms with van der Waals surface area (Å²) in [5.41, 5.74) is 0.141. The fourth-order valence-electron chi connectivity index (χ4n) is 2.70. The number of amides is 3. The SMILES string of the molecule is CC(C)CCNc1nc(C(=O)O[C@H](C)C(=O)NC(=O)NC2CCCC2)cs1. The average molecular weight is 397 g/mol. The van der Waals surface area contributed by atoms with Crippen LogP contribution in [-0.4, -0.2) is 41.6 Å². The molecule has 1 aromatic rings. The van der Waals surface area contributed by atoms with E-state index in [9.17, 15) is 14.4 Å². The molecule has 1 saturated carbocycles. The molecule has 9 heteroatoms. The van der Waals surface area contributed by atoms with Crippen LogP contribution in [0.5, 0.6) is 0 Å². The van der Waals surface area contributed by atoms with Crippen LogP contribution in [0.15, 0.2) is 5.38 Å². The Morgan fingerprint density at radius 3 is 2.63 bits per heavy atom. The van der Waals surface area contributed by atoms with Gasteiger partial charge < -0.3 is 15.4 Å². The quantitative estimate of drug-likeness (QED) is 0.583. The summed E-state index contributed by atoms with van der Waals surface area (Å²) in [5, 5.41) is 10.3. The molecular weight excluding hydrogens is 368 g/mol. The number of imide groups is 1. The lowest BCUT2D eigenvalue weighted by atomic mass is 10.1. The lowest BCUT2D eigenvalue weighted by molar-refractivity contribution is -0.127. The number of thiazole rings is 1. The standard InChI is InChI=1S/C18H28N4O4S/c1-11(2)8-9-19-18-21-14(10-27-18)16(24)26-12(3)15(23)22-17(25)20-13-6-4-5-7-13/h10-13H,4-9H2,1-3H3,(H,19,21)(H2,20,22,23,25)/t12-/m1/s1. The molecule has 0 radical (unpaired) electrons. The van der Waals surface area contributed by atoms with Crippen LogP contribution in [0.4, 0.5) is 9.93 Å². The molecule has 27 heavy (non-hydrogen) atoms. The van der Waals surface area contributed by atoms with Gasteiger partial charge in [0.25, 0.3) is 5.91 Å². The molecule has 1 aromatic heterocycles. The zero-order chi connectivity index (χ0) is 19.8. The maximum Gasteiger partial charge on any atom is 0.358 e. The van der Waals surface area contributed by atoms with E-state index >= 15 is 0 Å². The van der Waals surface area contributed by atoms with Crippen LogP contribution in [0.1, 0.15) is 63.4 Å². The number of ether oxygens (including phenoxy) is 1. The minimum Gasteiger partial charge on any atom is -0.448 e. The molecule has 1 aliphatic rings. The normalized spacial score (nSPS) is 15.4. The number of hydrogen-bond acceptors (Lipinski definition) is 7. The highest BCUT2D eigenvalue weighted by atomic mass is 32.1. The van der Waals surface area contributed by atoms with Crippen molar-refractivity contribution in [2.24, 2.45) is 5.92 Å². The van der Waals surface area contributed by atoms with E-state index in [4.69, 9.17) is 4.74 Å². The molecule has 0 saturated heterocycles. The monoisotopic (exact) mass is 396 g/mol. The first-order valence-corrected chi connectivity index (χ1v) is 10.2. The van der Waals surface area contributed by atoms with E-state index in [1.54, 1.807) is 5.38 Å². The predicted molar refractivity (Wildman–Crippen MR) is 104 cm³/mol. The summed E-state index contributed by atoms with van der Waals surface area (Å²) in [6.07, 6.45) is 3.90. The number of nitrogens with one attached hydrogen (secondary N) is 3. The van der Waals surface area contributed by atoms with Crippen LogP contribution in [0.3, 0.4) is 0 Å². The van der Waals surface area contributed by atoms with Crippen LogP contribution in [-0.2, 0) is 9.53 Å². The van der Waals surface area contributed by atoms with Gasteiger partial charge >= 0.3 is 12.0 Å². The molecule has 1 atom stereocenters. The molecule has 0 unspecified atom stereocenters. The number of nitrogens with zero attached hydrogens (tertiary/aromatic N) is 1. The molecule has 0 aromatic carbocycles. The van der Waals surface area contributed by atoms with Crippen LogP contribution in [0, 0.1) is 5.92 Å². The highest BCUT2D eigenvalue weighted by molar-refractivity contribution is 7.13. The van der Waals surface area contributed by atoms with E-state index in [0.29, 0.717) is 11.0 Å². The molecule has 0 bridgehead atoms. The lowest BCUT2D eigenvalue weighted by Crippen LogP contribution is -2.47. The van der Waals surface area contributed by atoms with E-state index < -0.39 is 24.0 Å². The summed E-state index contributed by atoms with van der Waals surface area (Å²) in [5.74, 6) is -0.779. The topological polar surface area (TPSA) is 109 Å². The van der Waals surface area contributed by atoms with Gasteiger partial charge in [0.2, 0.25) is 0 Å². The molecule has 0 spiro atoms. The molecule has 1 heterocycles. The number of rotatable bonds is 8. The number of carbonyl (C=O) groups is 3. The van der Waals surface area contributed by atoms with Gasteiger partial charge in [-0.15, -0.1) is 11.3 Å². The second-order valence-electron chi connectivity index (χ2n) is 7.14. The van der Waals surface area contributed by atoms with Crippen LogP contribution >= 0.6 is 11.3 Å². The van der Waals surface area contributed by atoms with E-state index in [2.05, 4.69) is 34.8 Å². The first kappa shape index (κ1) is 21.1.